The first-order chi connectivity index (χ1) is 20.3. The topological polar surface area (TPSA) is 157 Å². The third-order valence-corrected chi connectivity index (χ3v) is 8.69. The number of hydrogen-bond acceptors (Lipinski definition) is 6. The van der Waals surface area contributed by atoms with Gasteiger partial charge in [0.15, 0.2) is 0 Å². The molecule has 7 N–H and O–H groups in total. The third-order valence-electron chi connectivity index (χ3n) is 8.69. The van der Waals surface area contributed by atoms with Gasteiger partial charge in [0.05, 0.1) is 18.2 Å². The van der Waals surface area contributed by atoms with E-state index in [0.717, 1.165) is 56.9 Å². The van der Waals surface area contributed by atoms with Crippen molar-refractivity contribution in [1.29, 1.82) is 0 Å². The van der Waals surface area contributed by atoms with Crippen LogP contribution in [-0.4, -0.2) is 82.9 Å². The number of nitrogens with zero attached hydrogens (tertiary/aromatic N) is 1. The SMILES string of the molecule is CCCC[C@H](O)[C@H](O)[C@H](CC1CCCCC1)NC(=O)CCNC(=O)[C@H](Cc1ccccc1)NC(=O)N1CCC(N)CC1. The van der Waals surface area contributed by atoms with Crippen LogP contribution in [0.5, 0.6) is 0 Å². The van der Waals surface area contributed by atoms with Crippen LogP contribution in [0.2, 0.25) is 0 Å². The van der Waals surface area contributed by atoms with Crippen molar-refractivity contribution in [1.82, 2.24) is 20.9 Å². The first-order valence-corrected chi connectivity index (χ1v) is 16.0. The molecule has 0 aromatic heterocycles. The second-order valence-electron chi connectivity index (χ2n) is 12.2. The molecule has 3 rings (SSSR count). The maximum absolute atomic E-state index is 13.2. The molecule has 1 aromatic rings. The number of carbonyl (C=O) groups excluding carboxylic acids is 3. The van der Waals surface area contributed by atoms with E-state index in [-0.39, 0.29) is 36.9 Å². The van der Waals surface area contributed by atoms with E-state index in [9.17, 15) is 24.6 Å². The smallest absolute Gasteiger partial charge is 0.318 e. The van der Waals surface area contributed by atoms with Gasteiger partial charge >= 0.3 is 6.03 Å². The largest absolute Gasteiger partial charge is 0.390 e. The average Bonchev–Trinajstić information content (AvgIpc) is 3.00. The van der Waals surface area contributed by atoms with Gasteiger partial charge in [0.1, 0.15) is 6.04 Å². The number of amides is 4. The highest BCUT2D eigenvalue weighted by Crippen LogP contribution is 2.28. The minimum absolute atomic E-state index is 0.0285. The van der Waals surface area contributed by atoms with Crippen molar-refractivity contribution in [3.8, 4) is 0 Å². The van der Waals surface area contributed by atoms with E-state index in [4.69, 9.17) is 5.73 Å². The molecular formula is C32H53N5O5. The lowest BCUT2D eigenvalue weighted by Crippen LogP contribution is -2.54. The summed E-state index contributed by atoms with van der Waals surface area (Å²) in [5.41, 5.74) is 6.89. The maximum Gasteiger partial charge on any atom is 0.318 e. The van der Waals surface area contributed by atoms with Crippen molar-refractivity contribution in [3.05, 3.63) is 35.9 Å². The third kappa shape index (κ3) is 11.5. The molecule has 10 heteroatoms. The number of unbranched alkanes of at least 4 members (excludes halogenated alkanes) is 1. The van der Waals surface area contributed by atoms with Crippen molar-refractivity contribution in [2.75, 3.05) is 19.6 Å². The van der Waals surface area contributed by atoms with Gasteiger partial charge in [0, 0.05) is 38.5 Å². The monoisotopic (exact) mass is 587 g/mol. The van der Waals surface area contributed by atoms with Crippen LogP contribution in [0.1, 0.15) is 89.5 Å². The molecule has 1 saturated carbocycles. The number of nitrogens with one attached hydrogen (secondary N) is 3. The fourth-order valence-electron chi connectivity index (χ4n) is 6.02. The molecule has 10 nitrogen and oxygen atoms in total. The van der Waals surface area contributed by atoms with Crippen LogP contribution in [0.15, 0.2) is 30.3 Å². The minimum Gasteiger partial charge on any atom is -0.390 e. The highest BCUT2D eigenvalue weighted by atomic mass is 16.3. The highest BCUT2D eigenvalue weighted by Gasteiger charge is 2.31. The van der Waals surface area contributed by atoms with E-state index in [0.29, 0.717) is 38.3 Å². The Morgan fingerprint density at radius 2 is 1.69 bits per heavy atom. The van der Waals surface area contributed by atoms with E-state index >= 15 is 0 Å². The van der Waals surface area contributed by atoms with Crippen LogP contribution in [0.4, 0.5) is 4.79 Å². The van der Waals surface area contributed by atoms with E-state index in [1.807, 2.05) is 37.3 Å². The van der Waals surface area contributed by atoms with E-state index < -0.39 is 24.3 Å². The summed E-state index contributed by atoms with van der Waals surface area (Å²) >= 11 is 0. The summed E-state index contributed by atoms with van der Waals surface area (Å²) in [6, 6.07) is 7.95. The Morgan fingerprint density at radius 3 is 2.36 bits per heavy atom. The molecule has 4 amide bonds. The Labute approximate surface area is 251 Å². The van der Waals surface area contributed by atoms with Gasteiger partial charge in [-0.3, -0.25) is 9.59 Å². The van der Waals surface area contributed by atoms with Crippen molar-refractivity contribution in [3.63, 3.8) is 0 Å². The summed E-state index contributed by atoms with van der Waals surface area (Å²) in [5.74, 6) is -0.233. The van der Waals surface area contributed by atoms with Crippen LogP contribution < -0.4 is 21.7 Å². The van der Waals surface area contributed by atoms with Crippen molar-refractivity contribution < 1.29 is 24.6 Å². The lowest BCUT2D eigenvalue weighted by atomic mass is 9.82. The molecule has 2 fully saturated rings. The summed E-state index contributed by atoms with van der Waals surface area (Å²) in [6.07, 6.45) is 8.38. The summed E-state index contributed by atoms with van der Waals surface area (Å²) in [4.78, 5) is 40.8. The predicted octanol–water partition coefficient (Wildman–Crippen LogP) is 2.60. The number of aliphatic hydroxyl groups excluding tert-OH is 2. The number of hydrogen-bond donors (Lipinski definition) is 6. The fourth-order valence-corrected chi connectivity index (χ4v) is 6.02. The zero-order chi connectivity index (χ0) is 30.3. The van der Waals surface area contributed by atoms with E-state index in [1.165, 1.54) is 6.42 Å². The van der Waals surface area contributed by atoms with Crippen molar-refractivity contribution >= 4 is 17.8 Å². The average molecular weight is 588 g/mol. The molecule has 0 bridgehead atoms. The predicted molar refractivity (Wildman–Crippen MR) is 164 cm³/mol. The fraction of sp³-hybridized carbons (Fsp3) is 0.719. The molecule has 1 aromatic carbocycles. The number of aliphatic hydroxyl groups is 2. The number of benzene rings is 1. The Hall–Kier alpha value is -2.69. The molecular weight excluding hydrogens is 534 g/mol. The van der Waals surface area contributed by atoms with Gasteiger partial charge < -0.3 is 36.8 Å². The Morgan fingerprint density at radius 1 is 1.00 bits per heavy atom. The summed E-state index contributed by atoms with van der Waals surface area (Å²) < 4.78 is 0. The lowest BCUT2D eigenvalue weighted by molar-refractivity contribution is -0.124. The zero-order valence-electron chi connectivity index (χ0n) is 25.3. The number of carbonyl (C=O) groups is 3. The molecule has 1 aliphatic carbocycles. The zero-order valence-corrected chi connectivity index (χ0v) is 25.3. The van der Waals surface area contributed by atoms with Crippen LogP contribution in [-0.2, 0) is 16.0 Å². The van der Waals surface area contributed by atoms with Gasteiger partial charge in [0.25, 0.3) is 0 Å². The maximum atomic E-state index is 13.2. The second kappa shape index (κ2) is 18.1. The quantitative estimate of drug-likeness (QED) is 0.185. The number of nitrogens with two attached hydrogens (primary N) is 1. The van der Waals surface area contributed by atoms with Gasteiger partial charge in [-0.25, -0.2) is 4.79 Å². The number of urea groups is 1. The Balaban J connectivity index is 1.55. The first-order valence-electron chi connectivity index (χ1n) is 16.0. The summed E-state index contributed by atoms with van der Waals surface area (Å²) in [5, 5.41) is 30.2. The molecule has 4 atom stereocenters. The minimum atomic E-state index is -1.04. The number of piperidine rings is 1. The van der Waals surface area contributed by atoms with Crippen LogP contribution >= 0.6 is 0 Å². The molecule has 1 aliphatic heterocycles. The molecule has 0 unspecified atom stereocenters. The molecule has 1 heterocycles. The molecule has 2 aliphatic rings. The van der Waals surface area contributed by atoms with Crippen LogP contribution in [0.3, 0.4) is 0 Å². The first kappa shape index (κ1) is 33.8. The van der Waals surface area contributed by atoms with Crippen LogP contribution in [0.25, 0.3) is 0 Å². The molecule has 0 radical (unpaired) electrons. The normalized spacial score (nSPS) is 19.4. The van der Waals surface area contributed by atoms with Gasteiger partial charge in [-0.1, -0.05) is 82.2 Å². The van der Waals surface area contributed by atoms with Gasteiger partial charge in [-0.05, 0) is 37.2 Å². The van der Waals surface area contributed by atoms with Gasteiger partial charge in [-0.15, -0.1) is 0 Å². The molecule has 1 saturated heterocycles. The van der Waals surface area contributed by atoms with E-state index in [1.54, 1.807) is 4.90 Å². The molecule has 0 spiro atoms. The van der Waals surface area contributed by atoms with Crippen LogP contribution in [0, 0.1) is 5.92 Å². The Bertz CT molecular complexity index is 950. The van der Waals surface area contributed by atoms with E-state index in [2.05, 4.69) is 16.0 Å². The second-order valence-corrected chi connectivity index (χ2v) is 12.2. The van der Waals surface area contributed by atoms with Gasteiger partial charge in [0.2, 0.25) is 11.8 Å². The Kier molecular flexibility index (Phi) is 14.6. The number of likely N-dealkylation sites (tertiary alicyclic amines) is 1. The summed E-state index contributed by atoms with van der Waals surface area (Å²) in [7, 11) is 0. The molecule has 42 heavy (non-hydrogen) atoms. The number of rotatable bonds is 15. The van der Waals surface area contributed by atoms with Gasteiger partial charge in [-0.2, -0.15) is 0 Å². The summed E-state index contributed by atoms with van der Waals surface area (Å²) in [6.45, 7) is 3.23. The highest BCUT2D eigenvalue weighted by molar-refractivity contribution is 5.87. The van der Waals surface area contributed by atoms with Crippen molar-refractivity contribution in [2.45, 2.75) is 121 Å². The lowest BCUT2D eigenvalue weighted by Gasteiger charge is -2.32. The standard InChI is InChI=1S/C32H53N5O5/c1-2-3-14-28(38)30(40)26(21-23-10-6-4-7-11-23)35-29(39)15-18-34-31(41)27(22-24-12-8-5-9-13-24)36-32(42)37-19-16-25(33)17-20-37/h5,8-9,12-13,23,25-28,30,38,40H,2-4,6-7,10-11,14-22,33H2,1H3,(H,34,41)(H,35,39)(H,36,42)/t26-,27-,28-,30+/m0/s1. The van der Waals surface area contributed by atoms with Crippen molar-refractivity contribution in [2.24, 2.45) is 11.7 Å². The molecule has 236 valence electrons.